The maximum absolute atomic E-state index is 12.6. The molecule has 6 heteroatoms. The zero-order chi connectivity index (χ0) is 21.5. The van der Waals surface area contributed by atoms with Crippen molar-refractivity contribution in [3.8, 4) is 5.75 Å². The molecule has 1 aliphatic heterocycles. The van der Waals surface area contributed by atoms with Crippen LogP contribution in [0.5, 0.6) is 5.75 Å². The van der Waals surface area contributed by atoms with Crippen molar-refractivity contribution in [2.24, 2.45) is 0 Å². The number of hydrogen-bond acceptors (Lipinski definition) is 4. The van der Waals surface area contributed by atoms with Gasteiger partial charge in [0.15, 0.2) is 11.8 Å². The van der Waals surface area contributed by atoms with E-state index in [1.807, 2.05) is 42.5 Å². The number of quaternary nitrogens is 1. The van der Waals surface area contributed by atoms with Crippen molar-refractivity contribution in [2.45, 2.75) is 12.5 Å². The highest BCUT2D eigenvalue weighted by atomic mass is 16.5. The molecule has 1 fully saturated rings. The van der Waals surface area contributed by atoms with E-state index >= 15 is 0 Å². The van der Waals surface area contributed by atoms with E-state index < -0.39 is 0 Å². The van der Waals surface area contributed by atoms with Gasteiger partial charge in [0, 0.05) is 5.69 Å². The van der Waals surface area contributed by atoms with Crippen LogP contribution >= 0.6 is 0 Å². The average Bonchev–Trinajstić information content (AvgIpc) is 3.35. The smallest absolute Gasteiger partial charge is 0.224 e. The fraction of sp³-hybridized carbons (Fsp3) is 0.320. The third-order valence-electron chi connectivity index (χ3n) is 5.93. The molecule has 1 saturated heterocycles. The molecule has 162 valence electrons. The number of nitrogens with one attached hydrogen (secondary N) is 2. The molecule has 1 atom stereocenters. The summed E-state index contributed by atoms with van der Waals surface area (Å²) in [6.45, 7) is 4.51. The number of rotatable bonds is 8. The van der Waals surface area contributed by atoms with Crippen LogP contribution in [0.4, 0.5) is 5.69 Å². The molecule has 0 saturated carbocycles. The summed E-state index contributed by atoms with van der Waals surface area (Å²) in [4.78, 5) is 16.4. The molecule has 3 aromatic rings. The Labute approximate surface area is 183 Å². The Balaban J connectivity index is 1.34. The number of carbonyl (C=O) groups is 1. The third kappa shape index (κ3) is 5.47. The van der Waals surface area contributed by atoms with Gasteiger partial charge in [0.05, 0.1) is 52.5 Å². The van der Waals surface area contributed by atoms with Crippen molar-refractivity contribution in [2.75, 3.05) is 44.7 Å². The van der Waals surface area contributed by atoms with Gasteiger partial charge >= 0.3 is 0 Å². The highest BCUT2D eigenvalue weighted by Gasteiger charge is 2.30. The average molecular weight is 421 g/mol. The van der Waals surface area contributed by atoms with Gasteiger partial charge in [0.1, 0.15) is 5.75 Å². The van der Waals surface area contributed by atoms with E-state index in [0.717, 1.165) is 43.3 Å². The lowest BCUT2D eigenvalue weighted by molar-refractivity contribution is -0.932. The Morgan fingerprint density at radius 1 is 1.06 bits per heavy atom. The first-order valence-corrected chi connectivity index (χ1v) is 10.8. The summed E-state index contributed by atoms with van der Waals surface area (Å²) in [6, 6.07) is 22.2. The summed E-state index contributed by atoms with van der Waals surface area (Å²) in [5, 5.41) is 3.12. The number of carbonyl (C=O) groups excluding carboxylic acids is 1. The first kappa shape index (κ1) is 21.0. The number of amides is 1. The summed E-state index contributed by atoms with van der Waals surface area (Å²) in [5.74, 6) is 1.73. The molecular weight excluding hydrogens is 390 g/mol. The van der Waals surface area contributed by atoms with Gasteiger partial charge < -0.3 is 24.3 Å². The van der Waals surface area contributed by atoms with Gasteiger partial charge in [-0.1, -0.05) is 30.3 Å². The Morgan fingerprint density at radius 2 is 1.81 bits per heavy atom. The van der Waals surface area contributed by atoms with Gasteiger partial charge in [-0.2, -0.15) is 0 Å². The molecule has 1 aromatic heterocycles. The van der Waals surface area contributed by atoms with Crippen LogP contribution in [-0.2, 0) is 11.2 Å². The lowest BCUT2D eigenvalue weighted by atomic mass is 10.1. The topological polar surface area (TPSA) is 59.1 Å². The lowest BCUT2D eigenvalue weighted by Gasteiger charge is -2.37. The molecule has 4 rings (SSSR count). The van der Waals surface area contributed by atoms with Crippen LogP contribution in [-0.4, -0.2) is 45.7 Å². The standard InChI is InChI=1S/C25H29N3O3/c1-30-22-11-9-20(10-12-22)18-25(29)26-19-23(24-8-5-17-31-24)28-15-13-27(14-16-28)21-6-3-2-4-7-21/h2-12,17,23H,13-16,18-19H2,1H3,(H,26,29)/p+1/t23-/m1/s1. The van der Waals surface area contributed by atoms with E-state index in [-0.39, 0.29) is 11.9 Å². The van der Waals surface area contributed by atoms with Crippen molar-refractivity contribution in [1.82, 2.24) is 5.32 Å². The number of methoxy groups -OCH3 is 1. The van der Waals surface area contributed by atoms with Crippen LogP contribution in [0.25, 0.3) is 0 Å². The quantitative estimate of drug-likeness (QED) is 0.586. The van der Waals surface area contributed by atoms with Crippen LogP contribution in [0.15, 0.2) is 77.4 Å². The maximum atomic E-state index is 12.6. The summed E-state index contributed by atoms with van der Waals surface area (Å²) in [5.41, 5.74) is 2.24. The second kappa shape index (κ2) is 10.2. The van der Waals surface area contributed by atoms with Crippen LogP contribution in [0.2, 0.25) is 0 Å². The second-order valence-electron chi connectivity index (χ2n) is 7.88. The first-order valence-electron chi connectivity index (χ1n) is 10.8. The number of ether oxygens (including phenoxy) is 1. The van der Waals surface area contributed by atoms with Crippen LogP contribution < -0.4 is 19.9 Å². The Morgan fingerprint density at radius 3 is 2.45 bits per heavy atom. The summed E-state index contributed by atoms with van der Waals surface area (Å²) in [7, 11) is 1.64. The number of piperazine rings is 1. The number of benzene rings is 2. The zero-order valence-electron chi connectivity index (χ0n) is 17.9. The first-order chi connectivity index (χ1) is 15.2. The van der Waals surface area contributed by atoms with E-state index in [9.17, 15) is 4.79 Å². The SMILES string of the molecule is COc1ccc(CC(=O)NC[C@H](c2ccco2)[NH+]2CCN(c3ccccc3)CC2)cc1. The fourth-order valence-corrected chi connectivity index (χ4v) is 4.18. The van der Waals surface area contributed by atoms with E-state index in [4.69, 9.17) is 9.15 Å². The molecule has 0 unspecified atom stereocenters. The van der Waals surface area contributed by atoms with E-state index in [1.54, 1.807) is 13.4 Å². The Hall–Kier alpha value is -3.25. The fourth-order valence-electron chi connectivity index (χ4n) is 4.18. The summed E-state index contributed by atoms with van der Waals surface area (Å²) >= 11 is 0. The van der Waals surface area contributed by atoms with Gasteiger partial charge in [-0.3, -0.25) is 4.79 Å². The second-order valence-corrected chi connectivity index (χ2v) is 7.88. The number of nitrogens with zero attached hydrogens (tertiary/aromatic N) is 1. The lowest BCUT2D eigenvalue weighted by Crippen LogP contribution is -3.15. The van der Waals surface area contributed by atoms with Gasteiger partial charge in [0.25, 0.3) is 0 Å². The van der Waals surface area contributed by atoms with Gasteiger partial charge in [-0.15, -0.1) is 0 Å². The molecule has 0 aliphatic carbocycles. The van der Waals surface area contributed by atoms with E-state index in [2.05, 4.69) is 34.5 Å². The molecule has 1 aliphatic rings. The molecule has 31 heavy (non-hydrogen) atoms. The Kier molecular flexibility index (Phi) is 6.89. The highest BCUT2D eigenvalue weighted by molar-refractivity contribution is 5.78. The molecule has 2 aromatic carbocycles. The molecule has 6 nitrogen and oxygen atoms in total. The van der Waals surface area contributed by atoms with Crippen molar-refractivity contribution in [3.63, 3.8) is 0 Å². The number of furan rings is 1. The summed E-state index contributed by atoms with van der Waals surface area (Å²) in [6.07, 6.45) is 2.06. The molecule has 2 N–H and O–H groups in total. The largest absolute Gasteiger partial charge is 0.497 e. The van der Waals surface area contributed by atoms with E-state index in [0.29, 0.717) is 13.0 Å². The minimum atomic E-state index is 0.0176. The highest BCUT2D eigenvalue weighted by Crippen LogP contribution is 2.15. The van der Waals surface area contributed by atoms with Crippen molar-refractivity contribution in [3.05, 3.63) is 84.3 Å². The molecule has 0 bridgehead atoms. The summed E-state index contributed by atoms with van der Waals surface area (Å²) < 4.78 is 10.9. The van der Waals surface area contributed by atoms with Crippen molar-refractivity contribution >= 4 is 11.6 Å². The predicted molar refractivity (Wildman–Crippen MR) is 121 cm³/mol. The Bertz CT molecular complexity index is 934. The zero-order valence-corrected chi connectivity index (χ0v) is 17.9. The molecule has 1 amide bonds. The van der Waals surface area contributed by atoms with Crippen molar-refractivity contribution < 1.29 is 18.8 Å². The maximum Gasteiger partial charge on any atom is 0.224 e. The van der Waals surface area contributed by atoms with Crippen LogP contribution in [0.3, 0.4) is 0 Å². The molecule has 0 spiro atoms. The minimum absolute atomic E-state index is 0.0176. The predicted octanol–water partition coefficient (Wildman–Crippen LogP) is 2.09. The number of hydrogen-bond donors (Lipinski definition) is 2. The minimum Gasteiger partial charge on any atom is -0.497 e. The van der Waals surface area contributed by atoms with Gasteiger partial charge in [-0.05, 0) is 42.0 Å². The number of anilines is 1. The van der Waals surface area contributed by atoms with Crippen LogP contribution in [0.1, 0.15) is 17.4 Å². The molecular formula is C25H30N3O3+. The van der Waals surface area contributed by atoms with Crippen molar-refractivity contribution in [1.29, 1.82) is 0 Å². The van der Waals surface area contributed by atoms with Crippen LogP contribution in [0, 0.1) is 0 Å². The molecule has 2 heterocycles. The normalized spacial score (nSPS) is 15.5. The van der Waals surface area contributed by atoms with Gasteiger partial charge in [0.2, 0.25) is 5.91 Å². The molecule has 0 radical (unpaired) electrons. The van der Waals surface area contributed by atoms with Gasteiger partial charge in [-0.25, -0.2) is 0 Å². The third-order valence-corrected chi connectivity index (χ3v) is 5.93. The number of para-hydroxylation sites is 1. The monoisotopic (exact) mass is 420 g/mol. The van der Waals surface area contributed by atoms with E-state index in [1.165, 1.54) is 10.6 Å².